The van der Waals surface area contributed by atoms with Gasteiger partial charge in [0.1, 0.15) is 5.82 Å². The van der Waals surface area contributed by atoms with Crippen LogP contribution in [0.2, 0.25) is 0 Å². The number of likely N-dealkylation sites (N-methyl/N-ethyl adjacent to an activating group) is 1. The summed E-state index contributed by atoms with van der Waals surface area (Å²) in [6, 6.07) is 6.47. The number of rotatable bonds is 9. The van der Waals surface area contributed by atoms with Crippen LogP contribution in [0.5, 0.6) is 0 Å². The molecule has 1 N–H and O–H groups in total. The van der Waals surface area contributed by atoms with E-state index in [1.807, 2.05) is 18.0 Å². The molecule has 0 unspecified atom stereocenters. The van der Waals surface area contributed by atoms with Gasteiger partial charge in [0, 0.05) is 19.7 Å². The van der Waals surface area contributed by atoms with Gasteiger partial charge in [0.15, 0.2) is 0 Å². The summed E-state index contributed by atoms with van der Waals surface area (Å²) >= 11 is 0. The van der Waals surface area contributed by atoms with E-state index in [2.05, 4.69) is 5.32 Å². The molecule has 2 rings (SSSR count). The Balaban J connectivity index is 1.54. The van der Waals surface area contributed by atoms with Gasteiger partial charge < -0.3 is 10.1 Å². The molecule has 1 saturated carbocycles. The zero-order chi connectivity index (χ0) is 17.2. The summed E-state index contributed by atoms with van der Waals surface area (Å²) in [5, 5.41) is 2.91. The molecule has 134 valence electrons. The third kappa shape index (κ3) is 7.41. The van der Waals surface area contributed by atoms with E-state index < -0.39 is 0 Å². The molecule has 0 spiro atoms. The number of ether oxygens (including phenoxy) is 1. The van der Waals surface area contributed by atoms with Crippen molar-refractivity contribution < 1.29 is 13.9 Å². The van der Waals surface area contributed by atoms with Crippen LogP contribution in [0.4, 0.5) is 4.39 Å². The minimum Gasteiger partial charge on any atom is -0.378 e. The number of nitrogens with one attached hydrogen (secondary N) is 1. The molecule has 0 heterocycles. The molecule has 4 nitrogen and oxygen atoms in total. The SMILES string of the molecule is CN(CC(=O)NCCCOC1CCCCC1)Cc1cccc(F)c1. The van der Waals surface area contributed by atoms with Crippen molar-refractivity contribution in [2.45, 2.75) is 51.2 Å². The molecular formula is C19H29FN2O2. The molecule has 1 aromatic carbocycles. The molecule has 1 aliphatic carbocycles. The van der Waals surface area contributed by atoms with Crippen molar-refractivity contribution in [3.05, 3.63) is 35.6 Å². The summed E-state index contributed by atoms with van der Waals surface area (Å²) in [7, 11) is 1.86. The second kappa shape index (κ2) is 10.4. The van der Waals surface area contributed by atoms with Crippen LogP contribution in [-0.4, -0.2) is 43.7 Å². The number of hydrogen-bond donors (Lipinski definition) is 1. The molecule has 0 radical (unpaired) electrons. The van der Waals surface area contributed by atoms with Crippen LogP contribution < -0.4 is 5.32 Å². The Kier molecular flexibility index (Phi) is 8.19. The first-order valence-electron chi connectivity index (χ1n) is 8.95. The second-order valence-electron chi connectivity index (χ2n) is 6.64. The Morgan fingerprint density at radius 3 is 2.88 bits per heavy atom. The predicted molar refractivity (Wildman–Crippen MR) is 93.2 cm³/mol. The number of benzene rings is 1. The molecule has 1 fully saturated rings. The van der Waals surface area contributed by atoms with Gasteiger partial charge in [0.25, 0.3) is 0 Å². The smallest absolute Gasteiger partial charge is 0.234 e. The highest BCUT2D eigenvalue weighted by Gasteiger charge is 2.13. The average Bonchev–Trinajstić information content (AvgIpc) is 2.55. The van der Waals surface area contributed by atoms with Crippen LogP contribution in [0.1, 0.15) is 44.1 Å². The number of halogens is 1. The monoisotopic (exact) mass is 336 g/mol. The largest absolute Gasteiger partial charge is 0.378 e. The van der Waals surface area contributed by atoms with Crippen molar-refractivity contribution in [3.8, 4) is 0 Å². The predicted octanol–water partition coefficient (Wildman–Crippen LogP) is 3.11. The van der Waals surface area contributed by atoms with Gasteiger partial charge >= 0.3 is 0 Å². The Labute approximate surface area is 144 Å². The van der Waals surface area contributed by atoms with E-state index in [1.165, 1.54) is 44.2 Å². The van der Waals surface area contributed by atoms with Crippen molar-refractivity contribution in [2.24, 2.45) is 0 Å². The van der Waals surface area contributed by atoms with Crippen molar-refractivity contribution in [3.63, 3.8) is 0 Å². The fourth-order valence-electron chi connectivity index (χ4n) is 3.09. The van der Waals surface area contributed by atoms with Crippen LogP contribution in [-0.2, 0) is 16.1 Å². The molecule has 0 atom stereocenters. The van der Waals surface area contributed by atoms with Gasteiger partial charge in [-0.05, 0) is 44.0 Å². The lowest BCUT2D eigenvalue weighted by molar-refractivity contribution is -0.122. The quantitative estimate of drug-likeness (QED) is 0.705. The zero-order valence-corrected chi connectivity index (χ0v) is 14.6. The molecule has 1 aliphatic rings. The minimum atomic E-state index is -0.247. The Morgan fingerprint density at radius 1 is 1.33 bits per heavy atom. The van der Waals surface area contributed by atoms with Gasteiger partial charge in [-0.25, -0.2) is 4.39 Å². The molecule has 0 bridgehead atoms. The summed E-state index contributed by atoms with van der Waals surface area (Å²) in [5.74, 6) is -0.255. The van der Waals surface area contributed by atoms with Crippen molar-refractivity contribution in [1.29, 1.82) is 0 Å². The molecular weight excluding hydrogens is 307 g/mol. The number of carbonyl (C=O) groups is 1. The van der Waals surface area contributed by atoms with E-state index in [0.717, 1.165) is 12.0 Å². The highest BCUT2D eigenvalue weighted by atomic mass is 19.1. The summed E-state index contributed by atoms with van der Waals surface area (Å²) < 4.78 is 19.0. The van der Waals surface area contributed by atoms with Gasteiger partial charge in [-0.1, -0.05) is 31.4 Å². The highest BCUT2D eigenvalue weighted by molar-refractivity contribution is 5.77. The highest BCUT2D eigenvalue weighted by Crippen LogP contribution is 2.20. The summed E-state index contributed by atoms with van der Waals surface area (Å²) in [6.07, 6.45) is 7.51. The molecule has 0 aliphatic heterocycles. The first kappa shape index (κ1) is 18.9. The Bertz CT molecular complexity index is 504. The van der Waals surface area contributed by atoms with Crippen LogP contribution >= 0.6 is 0 Å². The third-order valence-corrected chi connectivity index (χ3v) is 4.30. The van der Waals surface area contributed by atoms with Crippen LogP contribution in [0.3, 0.4) is 0 Å². The van der Waals surface area contributed by atoms with Gasteiger partial charge in [-0.2, -0.15) is 0 Å². The summed E-state index contributed by atoms with van der Waals surface area (Å²) in [6.45, 7) is 2.21. The standard InChI is InChI=1S/C19H29FN2O2/c1-22(14-16-7-5-8-17(20)13-16)15-19(23)21-11-6-12-24-18-9-3-2-4-10-18/h5,7-8,13,18H,2-4,6,9-12,14-15H2,1H3,(H,21,23). The van der Waals surface area contributed by atoms with E-state index in [9.17, 15) is 9.18 Å². The molecule has 24 heavy (non-hydrogen) atoms. The fraction of sp³-hybridized carbons (Fsp3) is 0.632. The topological polar surface area (TPSA) is 41.6 Å². The maximum atomic E-state index is 13.1. The maximum Gasteiger partial charge on any atom is 0.234 e. The summed E-state index contributed by atoms with van der Waals surface area (Å²) in [4.78, 5) is 13.8. The Morgan fingerprint density at radius 2 is 2.12 bits per heavy atom. The zero-order valence-electron chi connectivity index (χ0n) is 14.6. The fourth-order valence-corrected chi connectivity index (χ4v) is 3.09. The molecule has 1 aromatic rings. The molecule has 0 saturated heterocycles. The minimum absolute atomic E-state index is 0.00781. The van der Waals surface area contributed by atoms with E-state index in [0.29, 0.717) is 32.3 Å². The van der Waals surface area contributed by atoms with Crippen molar-refractivity contribution in [1.82, 2.24) is 10.2 Å². The van der Waals surface area contributed by atoms with Crippen molar-refractivity contribution >= 4 is 5.91 Å². The van der Waals surface area contributed by atoms with Crippen LogP contribution in [0, 0.1) is 5.82 Å². The average molecular weight is 336 g/mol. The lowest BCUT2D eigenvalue weighted by Gasteiger charge is -2.22. The first-order valence-corrected chi connectivity index (χ1v) is 8.95. The summed E-state index contributed by atoms with van der Waals surface area (Å²) in [5.41, 5.74) is 0.867. The van der Waals surface area contributed by atoms with E-state index >= 15 is 0 Å². The number of carbonyl (C=O) groups excluding carboxylic acids is 1. The van der Waals surface area contributed by atoms with E-state index in [-0.39, 0.29) is 11.7 Å². The van der Waals surface area contributed by atoms with Crippen molar-refractivity contribution in [2.75, 3.05) is 26.7 Å². The number of nitrogens with zero attached hydrogens (tertiary/aromatic N) is 1. The van der Waals surface area contributed by atoms with Gasteiger partial charge in [-0.3, -0.25) is 9.69 Å². The molecule has 1 amide bonds. The lowest BCUT2D eigenvalue weighted by atomic mass is 9.98. The van der Waals surface area contributed by atoms with Gasteiger partial charge in [-0.15, -0.1) is 0 Å². The van der Waals surface area contributed by atoms with Gasteiger partial charge in [0.05, 0.1) is 12.6 Å². The normalized spacial score (nSPS) is 15.6. The number of hydrogen-bond acceptors (Lipinski definition) is 3. The van der Waals surface area contributed by atoms with E-state index in [4.69, 9.17) is 4.74 Å². The number of amides is 1. The first-order chi connectivity index (χ1) is 11.6. The Hall–Kier alpha value is -1.46. The van der Waals surface area contributed by atoms with Gasteiger partial charge in [0.2, 0.25) is 5.91 Å². The third-order valence-electron chi connectivity index (χ3n) is 4.30. The molecule has 5 heteroatoms. The second-order valence-corrected chi connectivity index (χ2v) is 6.64. The van der Waals surface area contributed by atoms with E-state index in [1.54, 1.807) is 6.07 Å². The maximum absolute atomic E-state index is 13.1. The lowest BCUT2D eigenvalue weighted by Crippen LogP contribution is -2.35. The van der Waals surface area contributed by atoms with Crippen LogP contribution in [0.15, 0.2) is 24.3 Å². The van der Waals surface area contributed by atoms with Crippen LogP contribution in [0.25, 0.3) is 0 Å². The molecule has 0 aromatic heterocycles.